The van der Waals surface area contributed by atoms with Crippen LogP contribution in [0.1, 0.15) is 12.0 Å². The Kier molecular flexibility index (Phi) is 5.29. The smallest absolute Gasteiger partial charge is 0.246 e. The van der Waals surface area contributed by atoms with Crippen LogP contribution >= 0.6 is 0 Å². The Morgan fingerprint density at radius 1 is 1.10 bits per heavy atom. The normalized spacial score (nSPS) is 19.4. The van der Waals surface area contributed by atoms with Gasteiger partial charge in [-0.2, -0.15) is 4.98 Å². The summed E-state index contributed by atoms with van der Waals surface area (Å²) in [5.41, 5.74) is 3.33. The van der Waals surface area contributed by atoms with Crippen LogP contribution in [0.25, 0.3) is 5.69 Å². The summed E-state index contributed by atoms with van der Waals surface area (Å²) in [5.74, 6) is -0.978. The lowest BCUT2D eigenvalue weighted by Crippen LogP contribution is -2.48. The molecule has 2 aromatic carbocycles. The molecule has 2 aliphatic heterocycles. The fourth-order valence-corrected chi connectivity index (χ4v) is 4.04. The first-order chi connectivity index (χ1) is 15.0. The minimum absolute atomic E-state index is 0.271. The van der Waals surface area contributed by atoms with E-state index in [4.69, 9.17) is 4.74 Å². The molecule has 3 heterocycles. The van der Waals surface area contributed by atoms with Gasteiger partial charge in [0.15, 0.2) is 0 Å². The van der Waals surface area contributed by atoms with E-state index in [2.05, 4.69) is 32.5 Å². The van der Waals surface area contributed by atoms with Crippen molar-refractivity contribution in [2.45, 2.75) is 25.4 Å². The molecule has 3 aromatic rings. The van der Waals surface area contributed by atoms with Crippen LogP contribution in [0, 0.1) is 18.6 Å². The van der Waals surface area contributed by atoms with E-state index in [0.29, 0.717) is 18.0 Å². The van der Waals surface area contributed by atoms with Gasteiger partial charge in [0.25, 0.3) is 0 Å². The molecule has 0 saturated carbocycles. The Labute approximate surface area is 179 Å². The SMILES string of the molecule is Cc1cc(Nc2ncn(-c3cc(F)cc(F)c3)n2)ccc1NC1CCN(C2COC2)C1. The van der Waals surface area contributed by atoms with Crippen LogP contribution in [0.4, 0.5) is 26.1 Å². The second-order valence-corrected chi connectivity index (χ2v) is 8.11. The standard InChI is InChI=1S/C22H24F2N6O/c1-14-6-17(2-3-21(14)26-18-4-5-29(10-18)20-11-31-12-20)27-22-25-13-30(28-22)19-8-15(23)7-16(24)9-19/h2-3,6-9,13,18,20,26H,4-5,10-12H2,1H3,(H,27,28). The van der Waals surface area contributed by atoms with E-state index in [1.165, 1.54) is 23.1 Å². The molecule has 7 nitrogen and oxygen atoms in total. The number of anilines is 3. The summed E-state index contributed by atoms with van der Waals surface area (Å²) in [7, 11) is 0. The molecule has 0 aliphatic carbocycles. The summed E-state index contributed by atoms with van der Waals surface area (Å²) in [5, 5.41) is 11.1. The van der Waals surface area contributed by atoms with Crippen molar-refractivity contribution in [2.75, 3.05) is 36.9 Å². The van der Waals surface area contributed by atoms with Gasteiger partial charge in [0.05, 0.1) is 24.9 Å². The third-order valence-electron chi connectivity index (χ3n) is 5.80. The van der Waals surface area contributed by atoms with Crippen LogP contribution in [0.5, 0.6) is 0 Å². The summed E-state index contributed by atoms with van der Waals surface area (Å²) in [6.45, 7) is 5.90. The third kappa shape index (κ3) is 4.38. The monoisotopic (exact) mass is 426 g/mol. The molecule has 0 amide bonds. The number of ether oxygens (including phenoxy) is 1. The highest BCUT2D eigenvalue weighted by atomic mass is 19.1. The maximum atomic E-state index is 13.4. The fourth-order valence-electron chi connectivity index (χ4n) is 4.04. The molecule has 0 spiro atoms. The van der Waals surface area contributed by atoms with Crippen LogP contribution in [0.2, 0.25) is 0 Å². The molecule has 9 heteroatoms. The van der Waals surface area contributed by atoms with Gasteiger partial charge < -0.3 is 15.4 Å². The van der Waals surface area contributed by atoms with E-state index in [-0.39, 0.29) is 5.69 Å². The molecule has 1 atom stereocenters. The number of hydrogen-bond donors (Lipinski definition) is 2. The molecule has 31 heavy (non-hydrogen) atoms. The quantitative estimate of drug-likeness (QED) is 0.629. The van der Waals surface area contributed by atoms with Crippen LogP contribution in [0.15, 0.2) is 42.7 Å². The van der Waals surface area contributed by atoms with E-state index in [1.54, 1.807) is 0 Å². The molecule has 0 bridgehead atoms. The van der Waals surface area contributed by atoms with Gasteiger partial charge in [-0.05, 0) is 49.2 Å². The van der Waals surface area contributed by atoms with Gasteiger partial charge in [-0.3, -0.25) is 4.90 Å². The Bertz CT molecular complexity index is 1060. The zero-order valence-corrected chi connectivity index (χ0v) is 17.2. The van der Waals surface area contributed by atoms with E-state index < -0.39 is 11.6 Å². The van der Waals surface area contributed by atoms with E-state index in [9.17, 15) is 8.78 Å². The first kappa shape index (κ1) is 19.9. The average Bonchev–Trinajstić information content (AvgIpc) is 3.32. The Morgan fingerprint density at radius 2 is 1.90 bits per heavy atom. The summed E-state index contributed by atoms with van der Waals surface area (Å²) < 4.78 is 33.5. The second-order valence-electron chi connectivity index (χ2n) is 8.11. The van der Waals surface area contributed by atoms with Crippen molar-refractivity contribution < 1.29 is 13.5 Å². The number of hydrogen-bond acceptors (Lipinski definition) is 6. The predicted octanol–water partition coefficient (Wildman–Crippen LogP) is 3.48. The number of halogens is 2. The summed E-state index contributed by atoms with van der Waals surface area (Å²) in [6.07, 6.45) is 2.54. The summed E-state index contributed by atoms with van der Waals surface area (Å²) >= 11 is 0. The summed E-state index contributed by atoms with van der Waals surface area (Å²) in [6, 6.07) is 10.3. The van der Waals surface area contributed by atoms with Crippen molar-refractivity contribution in [1.29, 1.82) is 0 Å². The average molecular weight is 426 g/mol. The van der Waals surface area contributed by atoms with Crippen molar-refractivity contribution in [3.63, 3.8) is 0 Å². The molecular formula is C22H24F2N6O. The number of nitrogens with zero attached hydrogens (tertiary/aromatic N) is 4. The van der Waals surface area contributed by atoms with Gasteiger partial charge >= 0.3 is 0 Å². The second kappa shape index (κ2) is 8.24. The molecule has 162 valence electrons. The lowest BCUT2D eigenvalue weighted by molar-refractivity contribution is -0.0571. The fraction of sp³-hybridized carbons (Fsp3) is 0.364. The predicted molar refractivity (Wildman–Crippen MR) is 114 cm³/mol. The molecule has 5 rings (SSSR count). The van der Waals surface area contributed by atoms with E-state index in [0.717, 1.165) is 55.7 Å². The zero-order chi connectivity index (χ0) is 21.4. The number of aromatic nitrogens is 3. The maximum absolute atomic E-state index is 13.4. The van der Waals surface area contributed by atoms with Gasteiger partial charge in [-0.15, -0.1) is 5.10 Å². The maximum Gasteiger partial charge on any atom is 0.246 e. The van der Waals surface area contributed by atoms with Crippen LogP contribution in [0.3, 0.4) is 0 Å². The topological polar surface area (TPSA) is 67.2 Å². The highest BCUT2D eigenvalue weighted by Crippen LogP contribution is 2.25. The highest BCUT2D eigenvalue weighted by molar-refractivity contribution is 5.62. The molecule has 2 N–H and O–H groups in total. The molecular weight excluding hydrogens is 402 g/mol. The van der Waals surface area contributed by atoms with Gasteiger partial charge in [-0.25, -0.2) is 13.5 Å². The van der Waals surface area contributed by atoms with Crippen molar-refractivity contribution >= 4 is 17.3 Å². The van der Waals surface area contributed by atoms with Crippen molar-refractivity contribution in [1.82, 2.24) is 19.7 Å². The molecule has 1 aromatic heterocycles. The molecule has 2 saturated heterocycles. The zero-order valence-electron chi connectivity index (χ0n) is 17.2. The van der Waals surface area contributed by atoms with E-state index in [1.807, 2.05) is 18.2 Å². The molecule has 2 aliphatic rings. The highest BCUT2D eigenvalue weighted by Gasteiger charge is 2.32. The van der Waals surface area contributed by atoms with Crippen LogP contribution < -0.4 is 10.6 Å². The van der Waals surface area contributed by atoms with Crippen molar-refractivity contribution in [3.8, 4) is 5.69 Å². The lowest BCUT2D eigenvalue weighted by Gasteiger charge is -2.34. The van der Waals surface area contributed by atoms with Gasteiger partial charge in [-0.1, -0.05) is 0 Å². The number of benzene rings is 2. The van der Waals surface area contributed by atoms with Gasteiger partial charge in [0.2, 0.25) is 5.95 Å². The molecule has 0 radical (unpaired) electrons. The Balaban J connectivity index is 1.23. The van der Waals surface area contributed by atoms with Crippen molar-refractivity contribution in [3.05, 3.63) is 59.9 Å². The Morgan fingerprint density at radius 3 is 2.61 bits per heavy atom. The van der Waals surface area contributed by atoms with E-state index >= 15 is 0 Å². The molecule has 2 fully saturated rings. The first-order valence-corrected chi connectivity index (χ1v) is 10.4. The number of likely N-dealkylation sites (tertiary alicyclic amines) is 1. The number of aryl methyl sites for hydroxylation is 1. The van der Waals surface area contributed by atoms with Crippen molar-refractivity contribution in [2.24, 2.45) is 0 Å². The van der Waals surface area contributed by atoms with Crippen LogP contribution in [-0.4, -0.2) is 58.1 Å². The summed E-state index contributed by atoms with van der Waals surface area (Å²) in [4.78, 5) is 6.68. The minimum Gasteiger partial charge on any atom is -0.381 e. The largest absolute Gasteiger partial charge is 0.381 e. The Hall–Kier alpha value is -3.04. The van der Waals surface area contributed by atoms with Crippen LogP contribution in [-0.2, 0) is 4.74 Å². The minimum atomic E-state index is -0.662. The molecule has 1 unspecified atom stereocenters. The number of nitrogens with one attached hydrogen (secondary N) is 2. The first-order valence-electron chi connectivity index (χ1n) is 10.4. The van der Waals surface area contributed by atoms with Gasteiger partial charge in [0, 0.05) is 36.6 Å². The number of rotatable bonds is 6. The lowest BCUT2D eigenvalue weighted by atomic mass is 10.1. The third-order valence-corrected chi connectivity index (χ3v) is 5.80. The van der Waals surface area contributed by atoms with Gasteiger partial charge in [0.1, 0.15) is 18.0 Å².